The minimum atomic E-state index is -0.524. The van der Waals surface area contributed by atoms with E-state index < -0.39 is 23.0 Å². The van der Waals surface area contributed by atoms with Crippen molar-refractivity contribution in [3.63, 3.8) is 0 Å². The average Bonchev–Trinajstić information content (AvgIpc) is 3.27. The maximum atomic E-state index is 13.0. The Labute approximate surface area is 212 Å². The third-order valence-corrected chi connectivity index (χ3v) is 6.69. The van der Waals surface area contributed by atoms with Gasteiger partial charge >= 0.3 is 5.97 Å². The molecule has 36 heavy (non-hydrogen) atoms. The molecule has 0 radical (unpaired) electrons. The van der Waals surface area contributed by atoms with E-state index in [0.29, 0.717) is 16.9 Å². The molecule has 4 rings (SSSR count). The van der Waals surface area contributed by atoms with Crippen LogP contribution in [0.25, 0.3) is 11.8 Å². The van der Waals surface area contributed by atoms with Crippen LogP contribution in [0.2, 0.25) is 0 Å². The predicted molar refractivity (Wildman–Crippen MR) is 139 cm³/mol. The van der Waals surface area contributed by atoms with Crippen LogP contribution in [-0.2, 0) is 14.3 Å². The Morgan fingerprint density at radius 2 is 1.78 bits per heavy atom. The number of esters is 1. The van der Waals surface area contributed by atoms with Gasteiger partial charge in [0.25, 0.3) is 11.1 Å². The van der Waals surface area contributed by atoms with E-state index in [1.165, 1.54) is 7.11 Å². The van der Waals surface area contributed by atoms with Crippen LogP contribution in [0.5, 0.6) is 0 Å². The molecule has 3 aromatic rings. The summed E-state index contributed by atoms with van der Waals surface area (Å²) in [5.74, 6) is -1.43. The van der Waals surface area contributed by atoms with E-state index in [1.54, 1.807) is 30.3 Å². The first-order chi connectivity index (χ1) is 17.2. The molecule has 1 aliphatic heterocycles. The highest BCUT2D eigenvalue weighted by Crippen LogP contribution is 2.34. The fourth-order valence-corrected chi connectivity index (χ4v) is 4.93. The molecule has 184 valence electrons. The summed E-state index contributed by atoms with van der Waals surface area (Å²) in [6.45, 7) is 5.29. The number of hydrogen-bond donors (Lipinski definition) is 1. The fourth-order valence-electron chi connectivity index (χ4n) is 4.10. The molecule has 0 saturated carbocycles. The highest BCUT2D eigenvalue weighted by Gasteiger charge is 2.36. The Bertz CT molecular complexity index is 1420. The van der Waals surface area contributed by atoms with Gasteiger partial charge in [-0.05, 0) is 80.1 Å². The standard InChI is InChI=1S/C27H25N3O5S/c1-16-8-7-9-20(12-16)28-24(31)15-29-25(32)23(36-27(29)34)14-19-13-17(2)30(18(19)3)22-11-6-5-10-21(22)26(33)35-4/h5-14H,15H2,1-4H3,(H,28,31)/b23-14-. The number of carbonyl (C=O) groups excluding carboxylic acids is 4. The molecule has 0 spiro atoms. The summed E-state index contributed by atoms with van der Waals surface area (Å²) >= 11 is 0.794. The second-order valence-electron chi connectivity index (χ2n) is 8.36. The molecule has 1 fully saturated rings. The van der Waals surface area contributed by atoms with Gasteiger partial charge in [-0.25, -0.2) is 4.79 Å². The molecule has 0 bridgehead atoms. The summed E-state index contributed by atoms with van der Waals surface area (Å²) in [6, 6.07) is 16.2. The molecule has 1 saturated heterocycles. The lowest BCUT2D eigenvalue weighted by atomic mass is 10.1. The van der Waals surface area contributed by atoms with E-state index in [-0.39, 0.29) is 11.4 Å². The second-order valence-corrected chi connectivity index (χ2v) is 9.35. The highest BCUT2D eigenvalue weighted by atomic mass is 32.2. The third kappa shape index (κ3) is 4.96. The van der Waals surface area contributed by atoms with Crippen LogP contribution in [-0.4, -0.2) is 46.1 Å². The summed E-state index contributed by atoms with van der Waals surface area (Å²) in [7, 11) is 1.33. The van der Waals surface area contributed by atoms with Crippen molar-refractivity contribution in [2.75, 3.05) is 19.0 Å². The quantitative estimate of drug-likeness (QED) is 0.381. The molecular weight excluding hydrogens is 478 g/mol. The van der Waals surface area contributed by atoms with E-state index in [4.69, 9.17) is 4.74 Å². The molecule has 0 unspecified atom stereocenters. The molecule has 8 nitrogen and oxygen atoms in total. The van der Waals surface area contributed by atoms with Gasteiger partial charge in [-0.1, -0.05) is 24.3 Å². The van der Waals surface area contributed by atoms with Crippen molar-refractivity contribution in [1.29, 1.82) is 0 Å². The number of aryl methyl sites for hydroxylation is 2. The number of thioether (sulfide) groups is 1. The first-order valence-electron chi connectivity index (χ1n) is 11.2. The number of imide groups is 1. The number of methoxy groups -OCH3 is 1. The maximum Gasteiger partial charge on any atom is 0.339 e. The van der Waals surface area contributed by atoms with Gasteiger partial charge in [0.05, 0.1) is 23.3 Å². The van der Waals surface area contributed by atoms with Crippen LogP contribution in [0.1, 0.15) is 32.9 Å². The Morgan fingerprint density at radius 1 is 1.03 bits per heavy atom. The number of hydrogen-bond acceptors (Lipinski definition) is 6. The van der Waals surface area contributed by atoms with E-state index in [2.05, 4.69) is 5.32 Å². The van der Waals surface area contributed by atoms with E-state index >= 15 is 0 Å². The minimum Gasteiger partial charge on any atom is -0.465 e. The third-order valence-electron chi connectivity index (χ3n) is 5.78. The van der Waals surface area contributed by atoms with Crippen molar-refractivity contribution < 1.29 is 23.9 Å². The lowest BCUT2D eigenvalue weighted by Gasteiger charge is -2.13. The van der Waals surface area contributed by atoms with Gasteiger partial charge in [0.2, 0.25) is 5.91 Å². The molecular formula is C27H25N3O5S. The molecule has 0 atom stereocenters. The molecule has 1 aliphatic rings. The molecule has 1 N–H and O–H groups in total. The van der Waals surface area contributed by atoms with Crippen molar-refractivity contribution in [2.45, 2.75) is 20.8 Å². The summed E-state index contributed by atoms with van der Waals surface area (Å²) in [4.78, 5) is 51.5. The molecule has 3 amide bonds. The summed E-state index contributed by atoms with van der Waals surface area (Å²) in [5, 5.41) is 2.21. The zero-order chi connectivity index (χ0) is 26.0. The van der Waals surface area contributed by atoms with Crippen LogP contribution >= 0.6 is 11.8 Å². The lowest BCUT2D eigenvalue weighted by Crippen LogP contribution is -2.36. The Morgan fingerprint density at radius 3 is 2.50 bits per heavy atom. The molecule has 2 heterocycles. The van der Waals surface area contributed by atoms with Crippen molar-refractivity contribution in [3.05, 3.63) is 87.6 Å². The first kappa shape index (κ1) is 25.0. The smallest absolute Gasteiger partial charge is 0.339 e. The van der Waals surface area contributed by atoms with Crippen LogP contribution in [0, 0.1) is 20.8 Å². The molecule has 1 aromatic heterocycles. The van der Waals surface area contributed by atoms with Gasteiger partial charge in [-0.3, -0.25) is 19.3 Å². The van der Waals surface area contributed by atoms with Crippen molar-refractivity contribution in [2.24, 2.45) is 0 Å². The van der Waals surface area contributed by atoms with Crippen LogP contribution in [0.3, 0.4) is 0 Å². The first-order valence-corrected chi connectivity index (χ1v) is 12.0. The SMILES string of the molecule is COC(=O)c1ccccc1-n1c(C)cc(/C=C2\SC(=O)N(CC(=O)Nc3cccc(C)c3)C2=O)c1C. The number of anilines is 1. The summed E-state index contributed by atoms with van der Waals surface area (Å²) < 4.78 is 6.82. The monoisotopic (exact) mass is 503 g/mol. The van der Waals surface area contributed by atoms with Crippen molar-refractivity contribution >= 4 is 46.5 Å². The molecule has 2 aromatic carbocycles. The average molecular weight is 504 g/mol. The van der Waals surface area contributed by atoms with Gasteiger partial charge in [0.15, 0.2) is 0 Å². The number of para-hydroxylation sites is 1. The molecule has 9 heteroatoms. The Hall–Kier alpha value is -4.11. The number of carbonyl (C=O) groups is 4. The van der Waals surface area contributed by atoms with Gasteiger partial charge < -0.3 is 14.6 Å². The number of rotatable bonds is 6. The largest absolute Gasteiger partial charge is 0.465 e. The highest BCUT2D eigenvalue weighted by molar-refractivity contribution is 8.18. The zero-order valence-corrected chi connectivity index (χ0v) is 21.1. The number of ether oxygens (including phenoxy) is 1. The van der Waals surface area contributed by atoms with Crippen LogP contribution in [0.4, 0.5) is 10.5 Å². The summed E-state index contributed by atoms with van der Waals surface area (Å²) in [5.41, 5.74) is 4.99. The fraction of sp³-hybridized carbons (Fsp3) is 0.185. The lowest BCUT2D eigenvalue weighted by molar-refractivity contribution is -0.127. The molecule has 0 aliphatic carbocycles. The number of aromatic nitrogens is 1. The van der Waals surface area contributed by atoms with Crippen molar-refractivity contribution in [1.82, 2.24) is 9.47 Å². The number of benzene rings is 2. The number of nitrogens with zero attached hydrogens (tertiary/aromatic N) is 2. The van der Waals surface area contributed by atoms with E-state index in [9.17, 15) is 19.2 Å². The topological polar surface area (TPSA) is 97.7 Å². The Kier molecular flexibility index (Phi) is 7.12. The van der Waals surface area contributed by atoms with E-state index in [0.717, 1.165) is 39.2 Å². The summed E-state index contributed by atoms with van der Waals surface area (Å²) in [6.07, 6.45) is 1.64. The van der Waals surface area contributed by atoms with Crippen LogP contribution < -0.4 is 5.32 Å². The van der Waals surface area contributed by atoms with E-state index in [1.807, 2.05) is 55.7 Å². The van der Waals surface area contributed by atoms with Gasteiger partial charge in [0, 0.05) is 17.1 Å². The van der Waals surface area contributed by atoms with Crippen LogP contribution in [0.15, 0.2) is 59.5 Å². The number of amides is 3. The minimum absolute atomic E-state index is 0.227. The van der Waals surface area contributed by atoms with Crippen molar-refractivity contribution in [3.8, 4) is 5.69 Å². The van der Waals surface area contributed by atoms with Gasteiger partial charge in [-0.2, -0.15) is 0 Å². The predicted octanol–water partition coefficient (Wildman–Crippen LogP) is 4.86. The normalized spacial score (nSPS) is 14.4. The number of nitrogens with one attached hydrogen (secondary N) is 1. The zero-order valence-electron chi connectivity index (χ0n) is 20.3. The maximum absolute atomic E-state index is 13.0. The second kappa shape index (κ2) is 10.2. The Balaban J connectivity index is 1.57. The van der Waals surface area contributed by atoms with Gasteiger partial charge in [-0.15, -0.1) is 0 Å². The van der Waals surface area contributed by atoms with Gasteiger partial charge in [0.1, 0.15) is 6.54 Å².